The second-order valence-electron chi connectivity index (χ2n) is 15.9. The molecule has 3 N–H and O–H groups in total. The number of ether oxygens (including phenoxy) is 1. The molecule has 5 aliphatic heterocycles. The number of piperazine rings is 1. The SMILES string of the molecule is C#Cc1c(F)ccc2cc(N)c(F)c(-c3c(C#N)c4c5c(nc(OC[C@@]67CCCN6C[C@@]6(CC6(F)F)C7)nc5c3F)N3C[C@H]5CC[C@H](N5)[C@H]3CC4=C)c12. The third-order valence-corrected chi connectivity index (χ3v) is 13.0. The summed E-state index contributed by atoms with van der Waals surface area (Å²) in [5.41, 5.74) is 3.12. The van der Waals surface area contributed by atoms with Gasteiger partial charge in [0.15, 0.2) is 11.6 Å². The molecule has 0 radical (unpaired) electrons. The van der Waals surface area contributed by atoms with Crippen LogP contribution in [-0.2, 0) is 0 Å². The fraction of sp³-hybridized carbons (Fsp3) is 0.425. The van der Waals surface area contributed by atoms with Crippen molar-refractivity contribution in [3.8, 4) is 35.6 Å². The minimum Gasteiger partial charge on any atom is -0.461 e. The Morgan fingerprint density at radius 1 is 1.08 bits per heavy atom. The van der Waals surface area contributed by atoms with Crippen molar-refractivity contribution in [3.05, 3.63) is 58.9 Å². The van der Waals surface area contributed by atoms with E-state index in [1.54, 1.807) is 0 Å². The van der Waals surface area contributed by atoms with Gasteiger partial charge in [-0.05, 0) is 68.2 Å². The van der Waals surface area contributed by atoms with Crippen molar-refractivity contribution in [1.29, 1.82) is 5.26 Å². The zero-order valence-electron chi connectivity index (χ0n) is 28.6. The Morgan fingerprint density at radius 2 is 1.89 bits per heavy atom. The van der Waals surface area contributed by atoms with Crippen molar-refractivity contribution in [3.63, 3.8) is 0 Å². The lowest BCUT2D eigenvalue weighted by Gasteiger charge is -2.41. The van der Waals surface area contributed by atoms with Crippen molar-refractivity contribution in [1.82, 2.24) is 20.2 Å². The van der Waals surface area contributed by atoms with Crippen LogP contribution in [-0.4, -0.2) is 70.7 Å². The molecule has 8 nitrogen and oxygen atoms in total. The van der Waals surface area contributed by atoms with Crippen LogP contribution in [0, 0.1) is 46.5 Å². The maximum atomic E-state index is 17.7. The molecule has 0 amide bonds. The first-order valence-corrected chi connectivity index (χ1v) is 18.0. The molecule has 5 atom stereocenters. The number of aromatic nitrogens is 2. The number of benzene rings is 3. The van der Waals surface area contributed by atoms with Gasteiger partial charge >= 0.3 is 6.01 Å². The maximum Gasteiger partial charge on any atom is 0.319 e. The number of fused-ring (bicyclic) bond motifs is 7. The fourth-order valence-electron chi connectivity index (χ4n) is 10.5. The fourth-order valence-corrected chi connectivity index (χ4v) is 10.5. The lowest BCUT2D eigenvalue weighted by Crippen LogP contribution is -2.58. The van der Waals surface area contributed by atoms with Crippen molar-refractivity contribution in [2.24, 2.45) is 5.41 Å². The molecule has 2 bridgehead atoms. The summed E-state index contributed by atoms with van der Waals surface area (Å²) in [4.78, 5) is 13.7. The minimum absolute atomic E-state index is 0.0234. The molecule has 1 aromatic heterocycles. The number of nitrogens with two attached hydrogens (primary N) is 1. The van der Waals surface area contributed by atoms with Gasteiger partial charge in [-0.15, -0.1) is 6.42 Å². The number of terminal acetylenes is 1. The van der Waals surface area contributed by atoms with Gasteiger partial charge in [0.2, 0.25) is 0 Å². The summed E-state index contributed by atoms with van der Waals surface area (Å²) in [6, 6.07) is 5.77. The molecular formula is C40H34F5N7O. The summed E-state index contributed by atoms with van der Waals surface area (Å²) in [7, 11) is 0. The van der Waals surface area contributed by atoms with E-state index in [0.717, 1.165) is 25.3 Å². The first-order valence-electron chi connectivity index (χ1n) is 18.0. The van der Waals surface area contributed by atoms with Crippen LogP contribution in [0.1, 0.15) is 61.6 Å². The van der Waals surface area contributed by atoms with Crippen LogP contribution in [0.15, 0.2) is 24.8 Å². The molecule has 4 aromatic rings. The first-order chi connectivity index (χ1) is 25.4. The maximum absolute atomic E-state index is 17.7. The number of anilines is 2. The Bertz CT molecular complexity index is 2440. The van der Waals surface area contributed by atoms with Gasteiger partial charge in [0.05, 0.1) is 33.2 Å². The van der Waals surface area contributed by atoms with Crippen LogP contribution in [0.2, 0.25) is 0 Å². The lowest BCUT2D eigenvalue weighted by atomic mass is 9.84. The molecular weight excluding hydrogens is 689 g/mol. The number of halogens is 5. The predicted octanol–water partition coefficient (Wildman–Crippen LogP) is 6.67. The second kappa shape index (κ2) is 10.8. The third kappa shape index (κ3) is 4.35. The van der Waals surface area contributed by atoms with Crippen LogP contribution in [0.25, 0.3) is 38.4 Å². The number of hydrogen-bond donors (Lipinski definition) is 2. The Kier molecular flexibility index (Phi) is 6.65. The highest BCUT2D eigenvalue weighted by Gasteiger charge is 2.77. The van der Waals surface area contributed by atoms with Crippen LogP contribution in [0.4, 0.5) is 33.5 Å². The molecule has 5 fully saturated rings. The van der Waals surface area contributed by atoms with E-state index >= 15 is 13.2 Å². The zero-order valence-corrected chi connectivity index (χ0v) is 28.6. The van der Waals surface area contributed by atoms with E-state index in [1.165, 1.54) is 12.1 Å². The van der Waals surface area contributed by atoms with E-state index in [-0.39, 0.29) is 87.6 Å². The van der Waals surface area contributed by atoms with Gasteiger partial charge in [-0.3, -0.25) is 4.90 Å². The molecule has 6 heterocycles. The molecule has 0 unspecified atom stereocenters. The molecule has 270 valence electrons. The molecule has 1 spiro atoms. The van der Waals surface area contributed by atoms with Crippen molar-refractivity contribution >= 4 is 38.8 Å². The molecule has 3 aromatic carbocycles. The molecule has 13 heteroatoms. The Labute approximate surface area is 301 Å². The Balaban J connectivity index is 1.22. The predicted molar refractivity (Wildman–Crippen MR) is 190 cm³/mol. The summed E-state index contributed by atoms with van der Waals surface area (Å²) in [5, 5.41) is 14.9. The van der Waals surface area contributed by atoms with Crippen LogP contribution in [0.5, 0.6) is 6.01 Å². The van der Waals surface area contributed by atoms with Crippen LogP contribution >= 0.6 is 0 Å². The topological polar surface area (TPSA) is 103 Å². The molecule has 53 heavy (non-hydrogen) atoms. The van der Waals surface area contributed by atoms with Gasteiger partial charge < -0.3 is 20.7 Å². The molecule has 4 saturated heterocycles. The Morgan fingerprint density at radius 3 is 2.64 bits per heavy atom. The summed E-state index contributed by atoms with van der Waals surface area (Å²) in [6.45, 7) is 5.91. The quantitative estimate of drug-likeness (QED) is 0.137. The smallest absolute Gasteiger partial charge is 0.319 e. The normalized spacial score (nSPS) is 29.3. The van der Waals surface area contributed by atoms with Crippen LogP contribution in [0.3, 0.4) is 0 Å². The van der Waals surface area contributed by atoms with Crippen molar-refractivity contribution < 1.29 is 26.7 Å². The van der Waals surface area contributed by atoms with Gasteiger partial charge in [-0.2, -0.15) is 15.2 Å². The van der Waals surface area contributed by atoms with E-state index in [9.17, 15) is 14.0 Å². The number of nitriles is 1. The highest BCUT2D eigenvalue weighted by molar-refractivity contribution is 6.10. The van der Waals surface area contributed by atoms with Crippen molar-refractivity contribution in [2.45, 2.75) is 74.5 Å². The van der Waals surface area contributed by atoms with E-state index < -0.39 is 45.5 Å². The largest absolute Gasteiger partial charge is 0.461 e. The Hall–Kier alpha value is -4.98. The number of rotatable bonds is 4. The molecule has 1 saturated carbocycles. The monoisotopic (exact) mass is 723 g/mol. The third-order valence-electron chi connectivity index (χ3n) is 13.0. The summed E-state index contributed by atoms with van der Waals surface area (Å²) in [5.74, 6) is -3.05. The van der Waals surface area contributed by atoms with Crippen molar-refractivity contribution in [2.75, 3.05) is 36.9 Å². The van der Waals surface area contributed by atoms with E-state index in [1.807, 2.05) is 0 Å². The number of nitrogens with zero attached hydrogens (tertiary/aromatic N) is 5. The minimum atomic E-state index is -2.72. The van der Waals surface area contributed by atoms with Gasteiger partial charge in [0.1, 0.15) is 29.8 Å². The average molecular weight is 724 g/mol. The number of hydrogen-bond acceptors (Lipinski definition) is 8. The van der Waals surface area contributed by atoms with Gasteiger partial charge in [0.25, 0.3) is 5.92 Å². The second-order valence-corrected chi connectivity index (χ2v) is 15.9. The average Bonchev–Trinajstić information content (AvgIpc) is 3.45. The van der Waals surface area contributed by atoms with Gasteiger partial charge in [-0.25, -0.2) is 22.0 Å². The highest BCUT2D eigenvalue weighted by Crippen LogP contribution is 2.69. The van der Waals surface area contributed by atoms with E-state index in [4.69, 9.17) is 21.9 Å². The van der Waals surface area contributed by atoms with Gasteiger partial charge in [0, 0.05) is 59.7 Å². The standard InChI is InChI=1S/C40H34F5N7O/c1-3-22-24(41)7-5-20-12-25(47)33(42)31(29(20)22)30-23(13-46)28-19(2)11-27-26-8-6-21(48-26)14-52(27)36-32(28)35(34(30)43)49-37(50-36)53-18-39-9-4-10-51(39)17-38(15-39)16-40(38,44)45/h1,5,7,12,21,26-27,48H,2,4,6,8-11,14-18,47H2/t21-,26+,27-,38+,39+/m1/s1. The van der Waals surface area contributed by atoms with Crippen LogP contribution < -0.4 is 20.7 Å². The summed E-state index contributed by atoms with van der Waals surface area (Å²) in [6.07, 6.45) is 9.58. The summed E-state index contributed by atoms with van der Waals surface area (Å²) >= 11 is 0. The highest BCUT2D eigenvalue weighted by atomic mass is 19.3. The first kappa shape index (κ1) is 32.7. The number of alkyl halides is 2. The zero-order chi connectivity index (χ0) is 36.8. The van der Waals surface area contributed by atoms with Gasteiger partial charge in [-0.1, -0.05) is 18.6 Å². The lowest BCUT2D eigenvalue weighted by molar-refractivity contribution is 0.0647. The molecule has 10 rings (SSSR count). The van der Waals surface area contributed by atoms with E-state index in [0.29, 0.717) is 43.9 Å². The number of nitrogen functional groups attached to an aromatic ring is 1. The molecule has 6 aliphatic rings. The molecule has 1 aliphatic carbocycles. The number of nitrogens with one attached hydrogen (secondary N) is 1. The summed E-state index contributed by atoms with van der Waals surface area (Å²) < 4.78 is 85.0. The van der Waals surface area contributed by atoms with E-state index in [2.05, 4.69) is 38.7 Å².